The van der Waals surface area contributed by atoms with E-state index in [9.17, 15) is 0 Å². The van der Waals surface area contributed by atoms with E-state index in [0.29, 0.717) is 6.04 Å². The van der Waals surface area contributed by atoms with Crippen molar-refractivity contribution < 1.29 is 0 Å². The highest BCUT2D eigenvalue weighted by Crippen LogP contribution is 1.97. The van der Waals surface area contributed by atoms with Gasteiger partial charge in [0.1, 0.15) is 0 Å². The summed E-state index contributed by atoms with van der Waals surface area (Å²) >= 11 is 0. The molecule has 12 heavy (non-hydrogen) atoms. The summed E-state index contributed by atoms with van der Waals surface area (Å²) in [5, 5.41) is 0. The first-order valence-electron chi connectivity index (χ1n) is 4.98. The van der Waals surface area contributed by atoms with Gasteiger partial charge in [-0.1, -0.05) is 13.3 Å². The van der Waals surface area contributed by atoms with Crippen LogP contribution < -0.4 is 5.73 Å². The Morgan fingerprint density at radius 3 is 2.25 bits per heavy atom. The largest absolute Gasteiger partial charge is 0.328 e. The molecule has 0 aromatic rings. The second-order valence-electron chi connectivity index (χ2n) is 3.33. The van der Waals surface area contributed by atoms with Gasteiger partial charge in [-0.05, 0) is 26.2 Å². The normalized spacial score (nSPS) is 11.9. The van der Waals surface area contributed by atoms with Crippen molar-refractivity contribution in [3.05, 3.63) is 0 Å². The minimum atomic E-state index is 0.336. The average molecular weight is 167 g/mol. The Kier molecular flexibility index (Phi) is 8.27. The maximum atomic E-state index is 5.61. The minimum Gasteiger partial charge on any atom is -0.328 e. The highest BCUT2D eigenvalue weighted by atomic mass is 14.6. The van der Waals surface area contributed by atoms with Crippen molar-refractivity contribution in [2.75, 3.05) is 0 Å². The highest BCUT2D eigenvalue weighted by Gasteiger charge is 1.90. The van der Waals surface area contributed by atoms with Crippen LogP contribution in [0.2, 0.25) is 0 Å². The Morgan fingerprint density at radius 1 is 1.17 bits per heavy atom. The maximum Gasteiger partial charge on any atom is 0.00892 e. The zero-order valence-corrected chi connectivity index (χ0v) is 8.40. The molecule has 1 heteroatoms. The van der Waals surface area contributed by atoms with Gasteiger partial charge in [-0.2, -0.15) is 0 Å². The van der Waals surface area contributed by atoms with Crippen LogP contribution in [0.3, 0.4) is 0 Å². The van der Waals surface area contributed by atoms with Crippen LogP contribution in [0.1, 0.15) is 52.4 Å². The van der Waals surface area contributed by atoms with E-state index in [0.717, 1.165) is 25.7 Å². The molecule has 1 unspecified atom stereocenters. The molecule has 0 saturated heterocycles. The smallest absolute Gasteiger partial charge is 0.00892 e. The lowest BCUT2D eigenvalue weighted by Crippen LogP contribution is -2.13. The van der Waals surface area contributed by atoms with E-state index in [4.69, 9.17) is 5.73 Å². The van der Waals surface area contributed by atoms with Crippen molar-refractivity contribution in [1.82, 2.24) is 0 Å². The molecule has 0 bridgehead atoms. The zero-order chi connectivity index (χ0) is 9.23. The van der Waals surface area contributed by atoms with Gasteiger partial charge in [0.15, 0.2) is 0 Å². The quantitative estimate of drug-likeness (QED) is 0.494. The predicted octanol–water partition coefficient (Wildman–Crippen LogP) is 2.70. The first kappa shape index (κ1) is 11.5. The van der Waals surface area contributed by atoms with Crippen molar-refractivity contribution >= 4 is 0 Å². The van der Waals surface area contributed by atoms with Crippen LogP contribution in [0.5, 0.6) is 0 Å². The lowest BCUT2D eigenvalue weighted by atomic mass is 10.1. The van der Waals surface area contributed by atoms with Crippen LogP contribution in [0, 0.1) is 11.8 Å². The summed E-state index contributed by atoms with van der Waals surface area (Å²) in [5.41, 5.74) is 5.61. The van der Waals surface area contributed by atoms with Gasteiger partial charge in [-0.25, -0.2) is 0 Å². The Labute approximate surface area is 76.7 Å². The minimum absolute atomic E-state index is 0.336. The third-order valence-electron chi connectivity index (χ3n) is 1.74. The summed E-state index contributed by atoms with van der Waals surface area (Å²) in [6.07, 6.45) is 6.81. The fraction of sp³-hybridized carbons (Fsp3) is 0.818. The molecule has 1 nitrogen and oxygen atoms in total. The van der Waals surface area contributed by atoms with E-state index >= 15 is 0 Å². The first-order chi connectivity index (χ1) is 5.77. The maximum absolute atomic E-state index is 5.61. The molecule has 0 aliphatic heterocycles. The molecule has 0 aromatic heterocycles. The second-order valence-corrected chi connectivity index (χ2v) is 3.33. The van der Waals surface area contributed by atoms with Gasteiger partial charge in [0, 0.05) is 18.9 Å². The van der Waals surface area contributed by atoms with Crippen molar-refractivity contribution in [2.45, 2.75) is 58.4 Å². The van der Waals surface area contributed by atoms with E-state index in [-0.39, 0.29) is 0 Å². The monoisotopic (exact) mass is 167 g/mol. The number of rotatable bonds is 5. The third-order valence-corrected chi connectivity index (χ3v) is 1.74. The molecule has 0 aliphatic rings. The summed E-state index contributed by atoms with van der Waals surface area (Å²) in [5.74, 6) is 6.34. The van der Waals surface area contributed by atoms with Crippen molar-refractivity contribution in [3.63, 3.8) is 0 Å². The molecule has 0 spiro atoms. The van der Waals surface area contributed by atoms with Crippen molar-refractivity contribution in [1.29, 1.82) is 0 Å². The second kappa shape index (κ2) is 8.62. The standard InChI is InChI=1S/C11H21N/c1-3-4-5-6-7-8-9-10-11(2)12/h11H,3-5,8-10,12H2,1-2H3. The molecule has 0 amide bonds. The highest BCUT2D eigenvalue weighted by molar-refractivity contribution is 4.98. The molecule has 70 valence electrons. The lowest BCUT2D eigenvalue weighted by molar-refractivity contribution is 0.634. The molecule has 0 fully saturated rings. The van der Waals surface area contributed by atoms with Gasteiger partial charge in [0.2, 0.25) is 0 Å². The van der Waals surface area contributed by atoms with E-state index in [1.807, 2.05) is 6.92 Å². The van der Waals surface area contributed by atoms with Crippen LogP contribution in [0.15, 0.2) is 0 Å². The first-order valence-corrected chi connectivity index (χ1v) is 4.98. The summed E-state index contributed by atoms with van der Waals surface area (Å²) in [4.78, 5) is 0. The summed E-state index contributed by atoms with van der Waals surface area (Å²) in [6.45, 7) is 4.24. The van der Waals surface area contributed by atoms with Gasteiger partial charge in [-0.3, -0.25) is 0 Å². The Balaban J connectivity index is 3.10. The van der Waals surface area contributed by atoms with Crippen LogP contribution >= 0.6 is 0 Å². The summed E-state index contributed by atoms with van der Waals surface area (Å²) in [6, 6.07) is 0.336. The summed E-state index contributed by atoms with van der Waals surface area (Å²) in [7, 11) is 0. The van der Waals surface area contributed by atoms with Crippen LogP contribution in [-0.2, 0) is 0 Å². The van der Waals surface area contributed by atoms with Crippen molar-refractivity contribution in [2.24, 2.45) is 5.73 Å². The number of hydrogen-bond donors (Lipinski definition) is 1. The molecule has 0 radical (unpaired) electrons. The Morgan fingerprint density at radius 2 is 1.75 bits per heavy atom. The Bertz CT molecular complexity index is 139. The topological polar surface area (TPSA) is 26.0 Å². The average Bonchev–Trinajstić information content (AvgIpc) is 2.02. The van der Waals surface area contributed by atoms with E-state index < -0.39 is 0 Å². The number of unbranched alkanes of at least 4 members (excludes halogenated alkanes) is 3. The SMILES string of the molecule is CCCCC#CCCCC(C)N. The lowest BCUT2D eigenvalue weighted by Gasteiger charge is -1.99. The number of hydrogen-bond acceptors (Lipinski definition) is 1. The molecular formula is C11H21N. The molecule has 0 rings (SSSR count). The molecule has 0 aromatic carbocycles. The zero-order valence-electron chi connectivity index (χ0n) is 8.40. The van der Waals surface area contributed by atoms with Crippen LogP contribution in [0.4, 0.5) is 0 Å². The third kappa shape index (κ3) is 9.52. The van der Waals surface area contributed by atoms with Crippen LogP contribution in [-0.4, -0.2) is 6.04 Å². The Hall–Kier alpha value is -0.480. The number of nitrogens with two attached hydrogens (primary N) is 1. The van der Waals surface area contributed by atoms with E-state index in [2.05, 4.69) is 18.8 Å². The molecule has 0 aliphatic carbocycles. The predicted molar refractivity (Wildman–Crippen MR) is 54.8 cm³/mol. The van der Waals surface area contributed by atoms with E-state index in [1.54, 1.807) is 0 Å². The molecular weight excluding hydrogens is 146 g/mol. The van der Waals surface area contributed by atoms with Gasteiger partial charge >= 0.3 is 0 Å². The molecule has 2 N–H and O–H groups in total. The fourth-order valence-corrected chi connectivity index (χ4v) is 0.954. The van der Waals surface area contributed by atoms with Gasteiger partial charge in [-0.15, -0.1) is 11.8 Å². The van der Waals surface area contributed by atoms with Gasteiger partial charge in [0.05, 0.1) is 0 Å². The molecule has 1 atom stereocenters. The molecule has 0 heterocycles. The fourth-order valence-electron chi connectivity index (χ4n) is 0.954. The van der Waals surface area contributed by atoms with Gasteiger partial charge in [0.25, 0.3) is 0 Å². The van der Waals surface area contributed by atoms with Crippen LogP contribution in [0.25, 0.3) is 0 Å². The van der Waals surface area contributed by atoms with Crippen molar-refractivity contribution in [3.8, 4) is 11.8 Å². The summed E-state index contributed by atoms with van der Waals surface area (Å²) < 4.78 is 0. The van der Waals surface area contributed by atoms with Gasteiger partial charge < -0.3 is 5.73 Å². The molecule has 0 saturated carbocycles. The van der Waals surface area contributed by atoms with E-state index in [1.165, 1.54) is 12.8 Å².